The van der Waals surface area contributed by atoms with E-state index in [0.29, 0.717) is 18.7 Å². The minimum Gasteiger partial charge on any atom is -0.370 e. The third-order valence-corrected chi connectivity index (χ3v) is 5.09. The third kappa shape index (κ3) is 6.18. The molecule has 3 rings (SSSR count). The smallest absolute Gasteiger partial charge is 0.251 e. The molecule has 1 aliphatic rings. The van der Waals surface area contributed by atoms with E-state index < -0.39 is 0 Å². The first kappa shape index (κ1) is 24.1. The summed E-state index contributed by atoms with van der Waals surface area (Å²) >= 11 is 0. The number of hydrogen-bond acceptors (Lipinski definition) is 3. The molecule has 6 nitrogen and oxygen atoms in total. The SMILES string of the molecule is CCNC(=NCc1ccc(C(=O)NC)cc1)N1CCOC(c2ccccc2C)C1.I. The highest BCUT2D eigenvalue weighted by Crippen LogP contribution is 2.25. The maximum Gasteiger partial charge on any atom is 0.251 e. The van der Waals surface area contributed by atoms with Crippen LogP contribution in [0.1, 0.15) is 40.1 Å². The summed E-state index contributed by atoms with van der Waals surface area (Å²) in [6, 6.07) is 16.0. The van der Waals surface area contributed by atoms with Crippen LogP contribution in [-0.4, -0.2) is 50.1 Å². The summed E-state index contributed by atoms with van der Waals surface area (Å²) in [7, 11) is 1.63. The third-order valence-electron chi connectivity index (χ3n) is 5.09. The normalized spacial score (nSPS) is 16.6. The maximum absolute atomic E-state index is 11.7. The Morgan fingerprint density at radius 3 is 2.60 bits per heavy atom. The molecule has 0 bridgehead atoms. The van der Waals surface area contributed by atoms with Gasteiger partial charge in [-0.2, -0.15) is 0 Å². The van der Waals surface area contributed by atoms with Crippen LogP contribution in [0.3, 0.4) is 0 Å². The number of aryl methyl sites for hydroxylation is 1. The Balaban J connectivity index is 0.00000320. The Morgan fingerprint density at radius 1 is 1.20 bits per heavy atom. The molecule has 0 aromatic heterocycles. The number of rotatable bonds is 5. The first-order valence-corrected chi connectivity index (χ1v) is 10.1. The van der Waals surface area contributed by atoms with Crippen molar-refractivity contribution < 1.29 is 9.53 Å². The van der Waals surface area contributed by atoms with Gasteiger partial charge in [-0.1, -0.05) is 36.4 Å². The lowest BCUT2D eigenvalue weighted by molar-refractivity contribution is -0.00834. The van der Waals surface area contributed by atoms with Gasteiger partial charge in [-0.25, -0.2) is 4.99 Å². The Bertz CT molecular complexity index is 855. The van der Waals surface area contributed by atoms with E-state index in [0.717, 1.165) is 31.2 Å². The number of morpholine rings is 1. The highest BCUT2D eigenvalue weighted by molar-refractivity contribution is 14.0. The van der Waals surface area contributed by atoms with Crippen molar-refractivity contribution in [1.29, 1.82) is 0 Å². The van der Waals surface area contributed by atoms with Crippen molar-refractivity contribution in [2.24, 2.45) is 4.99 Å². The van der Waals surface area contributed by atoms with E-state index >= 15 is 0 Å². The van der Waals surface area contributed by atoms with Gasteiger partial charge in [-0.3, -0.25) is 4.79 Å². The van der Waals surface area contributed by atoms with Crippen molar-refractivity contribution in [3.8, 4) is 0 Å². The Morgan fingerprint density at radius 2 is 1.93 bits per heavy atom. The fourth-order valence-electron chi connectivity index (χ4n) is 3.48. The Hall–Kier alpha value is -2.13. The minimum atomic E-state index is -0.0797. The summed E-state index contributed by atoms with van der Waals surface area (Å²) in [5.41, 5.74) is 4.20. The lowest BCUT2D eigenvalue weighted by atomic mass is 10.0. The molecule has 2 N–H and O–H groups in total. The number of nitrogens with zero attached hydrogens (tertiary/aromatic N) is 2. The number of ether oxygens (including phenoxy) is 1. The number of carbonyl (C=O) groups is 1. The highest BCUT2D eigenvalue weighted by atomic mass is 127. The second kappa shape index (κ2) is 11.9. The van der Waals surface area contributed by atoms with Crippen LogP contribution >= 0.6 is 24.0 Å². The lowest BCUT2D eigenvalue weighted by Gasteiger charge is -2.35. The lowest BCUT2D eigenvalue weighted by Crippen LogP contribution is -2.48. The van der Waals surface area contributed by atoms with Crippen LogP contribution in [0.25, 0.3) is 0 Å². The van der Waals surface area contributed by atoms with E-state index in [1.54, 1.807) is 7.05 Å². The molecule has 0 aliphatic carbocycles. The van der Waals surface area contributed by atoms with E-state index in [1.807, 2.05) is 24.3 Å². The molecule has 0 spiro atoms. The predicted octanol–water partition coefficient (Wildman–Crippen LogP) is 3.51. The van der Waals surface area contributed by atoms with Crippen LogP contribution in [0.15, 0.2) is 53.5 Å². The molecule has 7 heteroatoms. The molecule has 1 amide bonds. The van der Waals surface area contributed by atoms with Gasteiger partial charge < -0.3 is 20.3 Å². The zero-order valence-corrected chi connectivity index (χ0v) is 20.2. The molecule has 30 heavy (non-hydrogen) atoms. The van der Waals surface area contributed by atoms with Gasteiger partial charge >= 0.3 is 0 Å². The van der Waals surface area contributed by atoms with Gasteiger partial charge in [0.15, 0.2) is 5.96 Å². The molecular weight excluding hydrogens is 491 g/mol. The van der Waals surface area contributed by atoms with Crippen molar-refractivity contribution in [2.75, 3.05) is 33.3 Å². The summed E-state index contributed by atoms with van der Waals surface area (Å²) in [5.74, 6) is 0.814. The van der Waals surface area contributed by atoms with Crippen LogP contribution in [0.4, 0.5) is 0 Å². The predicted molar refractivity (Wildman–Crippen MR) is 132 cm³/mol. The number of amides is 1. The molecule has 1 aliphatic heterocycles. The topological polar surface area (TPSA) is 66.0 Å². The molecule has 2 aromatic carbocycles. The summed E-state index contributed by atoms with van der Waals surface area (Å²) in [6.07, 6.45) is 0.0423. The number of aliphatic imine (C=N–C) groups is 1. The molecule has 1 unspecified atom stereocenters. The molecule has 0 saturated carbocycles. The van der Waals surface area contributed by atoms with Crippen molar-refractivity contribution in [3.63, 3.8) is 0 Å². The fourth-order valence-corrected chi connectivity index (χ4v) is 3.48. The molecule has 1 saturated heterocycles. The van der Waals surface area contributed by atoms with Crippen molar-refractivity contribution in [2.45, 2.75) is 26.5 Å². The quantitative estimate of drug-likeness (QED) is 0.359. The van der Waals surface area contributed by atoms with Crippen LogP contribution in [0.5, 0.6) is 0 Å². The number of guanidine groups is 1. The molecule has 162 valence electrons. The number of nitrogens with one attached hydrogen (secondary N) is 2. The van der Waals surface area contributed by atoms with Crippen LogP contribution in [-0.2, 0) is 11.3 Å². The number of carbonyl (C=O) groups excluding carboxylic acids is 1. The molecule has 1 atom stereocenters. The largest absolute Gasteiger partial charge is 0.370 e. The van der Waals surface area contributed by atoms with Crippen LogP contribution in [0.2, 0.25) is 0 Å². The van der Waals surface area contributed by atoms with Gasteiger partial charge in [0.2, 0.25) is 0 Å². The number of halogens is 1. The van der Waals surface area contributed by atoms with Crippen molar-refractivity contribution >= 4 is 35.8 Å². The second-order valence-corrected chi connectivity index (χ2v) is 7.11. The molecule has 1 heterocycles. The van der Waals surface area contributed by atoms with Gasteiger partial charge in [0, 0.05) is 25.7 Å². The first-order chi connectivity index (χ1) is 14.1. The zero-order valence-electron chi connectivity index (χ0n) is 17.9. The number of benzene rings is 2. The zero-order chi connectivity index (χ0) is 20.6. The molecule has 1 fully saturated rings. The monoisotopic (exact) mass is 522 g/mol. The maximum atomic E-state index is 11.7. The van der Waals surface area contributed by atoms with Gasteiger partial charge in [0.05, 0.1) is 19.7 Å². The van der Waals surface area contributed by atoms with E-state index in [4.69, 9.17) is 9.73 Å². The number of hydrogen-bond donors (Lipinski definition) is 2. The Kier molecular flexibility index (Phi) is 9.58. The average Bonchev–Trinajstić information content (AvgIpc) is 2.77. The highest BCUT2D eigenvalue weighted by Gasteiger charge is 2.25. The summed E-state index contributed by atoms with van der Waals surface area (Å²) in [6.45, 7) is 7.82. The van der Waals surface area contributed by atoms with Gasteiger partial charge in [0.1, 0.15) is 6.10 Å². The van der Waals surface area contributed by atoms with Crippen molar-refractivity contribution in [3.05, 3.63) is 70.8 Å². The standard InChI is InChI=1S/C23H30N4O2.HI/c1-4-25-23(26-15-18-9-11-19(12-10-18)22(28)24-3)27-13-14-29-21(16-27)20-8-6-5-7-17(20)2;/h5-12,21H,4,13-16H2,1-3H3,(H,24,28)(H,25,26);1H. The molecular formula is C23H31IN4O2. The van der Waals surface area contributed by atoms with E-state index in [2.05, 4.69) is 53.6 Å². The summed E-state index contributed by atoms with van der Waals surface area (Å²) in [4.78, 5) is 18.8. The average molecular weight is 522 g/mol. The first-order valence-electron chi connectivity index (χ1n) is 10.1. The second-order valence-electron chi connectivity index (χ2n) is 7.11. The van der Waals surface area contributed by atoms with Gasteiger partial charge in [-0.15, -0.1) is 24.0 Å². The summed E-state index contributed by atoms with van der Waals surface area (Å²) < 4.78 is 6.05. The van der Waals surface area contributed by atoms with Crippen LogP contribution in [0, 0.1) is 6.92 Å². The Labute approximate surface area is 196 Å². The minimum absolute atomic E-state index is 0. The van der Waals surface area contributed by atoms with E-state index in [-0.39, 0.29) is 36.0 Å². The molecule has 0 radical (unpaired) electrons. The fraction of sp³-hybridized carbons (Fsp3) is 0.391. The van der Waals surface area contributed by atoms with Crippen LogP contribution < -0.4 is 10.6 Å². The van der Waals surface area contributed by atoms with E-state index in [9.17, 15) is 4.79 Å². The van der Waals surface area contributed by atoms with Gasteiger partial charge in [0.25, 0.3) is 5.91 Å². The molecule has 2 aromatic rings. The van der Waals surface area contributed by atoms with Crippen molar-refractivity contribution in [1.82, 2.24) is 15.5 Å². The summed E-state index contributed by atoms with van der Waals surface area (Å²) in [5, 5.41) is 6.04. The van der Waals surface area contributed by atoms with E-state index in [1.165, 1.54) is 11.1 Å². The van der Waals surface area contributed by atoms with Gasteiger partial charge in [-0.05, 0) is 42.7 Å².